The van der Waals surface area contributed by atoms with Crippen LogP contribution in [0.5, 0.6) is 0 Å². The molecule has 0 bridgehead atoms. The van der Waals surface area contributed by atoms with Crippen LogP contribution in [0, 0.1) is 17.8 Å². The van der Waals surface area contributed by atoms with Crippen LogP contribution in [-0.4, -0.2) is 21.6 Å². The average molecular weight is 200 g/mol. The SMILES string of the molecule is CC1(C)SCCC1C1CC1C(=O)O. The van der Waals surface area contributed by atoms with Crippen molar-refractivity contribution in [2.75, 3.05) is 5.75 Å². The summed E-state index contributed by atoms with van der Waals surface area (Å²) in [4.78, 5) is 10.7. The lowest BCUT2D eigenvalue weighted by atomic mass is 9.87. The molecule has 0 aromatic heterocycles. The quantitative estimate of drug-likeness (QED) is 0.742. The Hall–Kier alpha value is -0.180. The topological polar surface area (TPSA) is 37.3 Å². The van der Waals surface area contributed by atoms with E-state index < -0.39 is 5.97 Å². The number of aliphatic carboxylic acids is 1. The van der Waals surface area contributed by atoms with Gasteiger partial charge in [0, 0.05) is 4.75 Å². The molecule has 1 N–H and O–H groups in total. The van der Waals surface area contributed by atoms with Crippen LogP contribution in [0.3, 0.4) is 0 Å². The van der Waals surface area contributed by atoms with Gasteiger partial charge in [0.15, 0.2) is 0 Å². The number of thioether (sulfide) groups is 1. The number of carbonyl (C=O) groups is 1. The summed E-state index contributed by atoms with van der Waals surface area (Å²) in [6.45, 7) is 4.51. The molecule has 2 fully saturated rings. The first-order chi connectivity index (χ1) is 6.02. The van der Waals surface area contributed by atoms with E-state index >= 15 is 0 Å². The first-order valence-corrected chi connectivity index (χ1v) is 5.87. The van der Waals surface area contributed by atoms with Gasteiger partial charge in [-0.2, -0.15) is 11.8 Å². The molecule has 3 heteroatoms. The summed E-state index contributed by atoms with van der Waals surface area (Å²) in [5, 5.41) is 8.85. The summed E-state index contributed by atoms with van der Waals surface area (Å²) in [6.07, 6.45) is 2.14. The summed E-state index contributed by atoms with van der Waals surface area (Å²) in [5.74, 6) is 1.71. The molecule has 13 heavy (non-hydrogen) atoms. The Morgan fingerprint density at radius 2 is 2.23 bits per heavy atom. The van der Waals surface area contributed by atoms with Gasteiger partial charge in [0.1, 0.15) is 0 Å². The molecule has 3 atom stereocenters. The Kier molecular flexibility index (Phi) is 2.10. The fourth-order valence-electron chi connectivity index (χ4n) is 2.58. The van der Waals surface area contributed by atoms with Crippen molar-refractivity contribution in [2.45, 2.75) is 31.4 Å². The predicted octanol–water partition coefficient (Wildman–Crippen LogP) is 2.24. The maximum atomic E-state index is 10.7. The maximum Gasteiger partial charge on any atom is 0.306 e. The largest absolute Gasteiger partial charge is 0.481 e. The van der Waals surface area contributed by atoms with Crippen molar-refractivity contribution >= 4 is 17.7 Å². The summed E-state index contributed by atoms with van der Waals surface area (Å²) >= 11 is 2.00. The molecule has 1 saturated heterocycles. The van der Waals surface area contributed by atoms with Crippen LogP contribution in [0.15, 0.2) is 0 Å². The van der Waals surface area contributed by atoms with Crippen LogP contribution in [-0.2, 0) is 4.79 Å². The van der Waals surface area contributed by atoms with E-state index in [4.69, 9.17) is 5.11 Å². The molecule has 2 nitrogen and oxygen atoms in total. The van der Waals surface area contributed by atoms with Crippen LogP contribution < -0.4 is 0 Å². The number of carboxylic acids is 1. The lowest BCUT2D eigenvalue weighted by molar-refractivity contribution is -0.139. The molecule has 74 valence electrons. The number of hydrogen-bond donors (Lipinski definition) is 1. The predicted molar refractivity (Wildman–Crippen MR) is 53.9 cm³/mol. The molecule has 3 unspecified atom stereocenters. The van der Waals surface area contributed by atoms with E-state index in [2.05, 4.69) is 13.8 Å². The first kappa shape index (κ1) is 9.38. The van der Waals surface area contributed by atoms with E-state index in [0.717, 1.165) is 6.42 Å². The smallest absolute Gasteiger partial charge is 0.306 e. The first-order valence-electron chi connectivity index (χ1n) is 4.89. The highest BCUT2D eigenvalue weighted by Crippen LogP contribution is 2.56. The van der Waals surface area contributed by atoms with E-state index in [-0.39, 0.29) is 5.92 Å². The van der Waals surface area contributed by atoms with Gasteiger partial charge in [-0.3, -0.25) is 4.79 Å². The number of carboxylic acid groups (broad SMARTS) is 1. The highest BCUT2D eigenvalue weighted by molar-refractivity contribution is 8.00. The molecule has 1 aliphatic carbocycles. The zero-order valence-corrected chi connectivity index (χ0v) is 8.93. The minimum atomic E-state index is -0.585. The second-order valence-electron chi connectivity index (χ2n) is 4.69. The molecular formula is C10H16O2S. The molecule has 0 aromatic rings. The molecule has 1 aliphatic heterocycles. The van der Waals surface area contributed by atoms with Gasteiger partial charge in [0.05, 0.1) is 5.92 Å². The molecule has 0 aromatic carbocycles. The van der Waals surface area contributed by atoms with Gasteiger partial charge in [-0.1, -0.05) is 13.8 Å². The number of hydrogen-bond acceptors (Lipinski definition) is 2. The Morgan fingerprint density at radius 1 is 1.54 bits per heavy atom. The van der Waals surface area contributed by atoms with Gasteiger partial charge in [-0.15, -0.1) is 0 Å². The summed E-state index contributed by atoms with van der Waals surface area (Å²) in [5.41, 5.74) is 0. The van der Waals surface area contributed by atoms with Crippen LogP contribution in [0.1, 0.15) is 26.7 Å². The average Bonchev–Trinajstić information content (AvgIpc) is 2.71. The monoisotopic (exact) mass is 200 g/mol. The van der Waals surface area contributed by atoms with Gasteiger partial charge in [0.25, 0.3) is 0 Å². The fraction of sp³-hybridized carbons (Fsp3) is 0.900. The number of rotatable bonds is 2. The summed E-state index contributed by atoms with van der Waals surface area (Å²) < 4.78 is 0.314. The van der Waals surface area contributed by atoms with Crippen LogP contribution in [0.2, 0.25) is 0 Å². The van der Waals surface area contributed by atoms with E-state index in [0.29, 0.717) is 16.6 Å². The third kappa shape index (κ3) is 1.58. The minimum Gasteiger partial charge on any atom is -0.481 e. The zero-order valence-electron chi connectivity index (χ0n) is 8.12. The van der Waals surface area contributed by atoms with Crippen molar-refractivity contribution < 1.29 is 9.90 Å². The van der Waals surface area contributed by atoms with Crippen molar-refractivity contribution in [3.63, 3.8) is 0 Å². The second kappa shape index (κ2) is 2.91. The van der Waals surface area contributed by atoms with Crippen LogP contribution >= 0.6 is 11.8 Å². The maximum absolute atomic E-state index is 10.7. The Morgan fingerprint density at radius 3 is 2.62 bits per heavy atom. The second-order valence-corrected chi connectivity index (χ2v) is 6.44. The molecular weight excluding hydrogens is 184 g/mol. The van der Waals surface area contributed by atoms with E-state index in [9.17, 15) is 4.79 Å². The van der Waals surface area contributed by atoms with Crippen molar-refractivity contribution in [2.24, 2.45) is 17.8 Å². The van der Waals surface area contributed by atoms with Gasteiger partial charge in [0.2, 0.25) is 0 Å². The molecule has 0 amide bonds. The Balaban J connectivity index is 2.00. The molecule has 0 spiro atoms. The van der Waals surface area contributed by atoms with E-state index in [1.165, 1.54) is 12.2 Å². The summed E-state index contributed by atoms with van der Waals surface area (Å²) in [6, 6.07) is 0. The molecule has 1 heterocycles. The van der Waals surface area contributed by atoms with Crippen molar-refractivity contribution in [3.8, 4) is 0 Å². The normalized spacial score (nSPS) is 41.8. The van der Waals surface area contributed by atoms with E-state index in [1.54, 1.807) is 0 Å². The van der Waals surface area contributed by atoms with Gasteiger partial charge in [-0.05, 0) is 30.4 Å². The fourth-order valence-corrected chi connectivity index (χ4v) is 3.98. The lowest BCUT2D eigenvalue weighted by Crippen LogP contribution is -2.25. The standard InChI is InChI=1S/C10H16O2S/c1-10(2)8(3-4-13-10)6-5-7(6)9(11)12/h6-8H,3-5H2,1-2H3,(H,11,12). The van der Waals surface area contributed by atoms with Gasteiger partial charge in [-0.25, -0.2) is 0 Å². The third-order valence-corrected chi connectivity index (χ3v) is 4.96. The van der Waals surface area contributed by atoms with Crippen LogP contribution in [0.25, 0.3) is 0 Å². The Labute approximate surface area is 83.1 Å². The van der Waals surface area contributed by atoms with Gasteiger partial charge < -0.3 is 5.11 Å². The van der Waals surface area contributed by atoms with Crippen molar-refractivity contribution in [3.05, 3.63) is 0 Å². The van der Waals surface area contributed by atoms with Crippen molar-refractivity contribution in [1.29, 1.82) is 0 Å². The third-order valence-electron chi connectivity index (χ3n) is 3.47. The highest BCUT2D eigenvalue weighted by Gasteiger charge is 2.53. The minimum absolute atomic E-state index is 0.0250. The Bertz CT molecular complexity index is 237. The summed E-state index contributed by atoms with van der Waals surface area (Å²) in [7, 11) is 0. The highest BCUT2D eigenvalue weighted by atomic mass is 32.2. The molecule has 2 aliphatic rings. The van der Waals surface area contributed by atoms with Crippen molar-refractivity contribution in [1.82, 2.24) is 0 Å². The van der Waals surface area contributed by atoms with Crippen LogP contribution in [0.4, 0.5) is 0 Å². The molecule has 0 radical (unpaired) electrons. The van der Waals surface area contributed by atoms with E-state index in [1.807, 2.05) is 11.8 Å². The zero-order chi connectivity index (χ0) is 9.64. The molecule has 2 rings (SSSR count). The van der Waals surface area contributed by atoms with Gasteiger partial charge >= 0.3 is 5.97 Å². The molecule has 1 saturated carbocycles. The lowest BCUT2D eigenvalue weighted by Gasteiger charge is -2.25.